The summed E-state index contributed by atoms with van der Waals surface area (Å²) in [4.78, 5) is 0. The fourth-order valence-corrected chi connectivity index (χ4v) is 3.63. The number of sulfonamides is 1. The van der Waals surface area contributed by atoms with E-state index < -0.39 is 10.0 Å². The second kappa shape index (κ2) is 9.56. The van der Waals surface area contributed by atoms with Crippen LogP contribution in [0.5, 0.6) is 0 Å². The van der Waals surface area contributed by atoms with Gasteiger partial charge in [-0.05, 0) is 57.0 Å². The molecule has 1 aromatic rings. The van der Waals surface area contributed by atoms with E-state index in [0.717, 1.165) is 36.0 Å². The Kier molecular flexibility index (Phi) is 8.48. The fourth-order valence-electron chi connectivity index (χ4n) is 1.99. The number of hydrogen-bond donors (Lipinski definition) is 2. The average Bonchev–Trinajstić information content (AvgIpc) is 2.43. The summed E-state index contributed by atoms with van der Waals surface area (Å²) in [5, 5.41) is 3.27. The van der Waals surface area contributed by atoms with Gasteiger partial charge < -0.3 is 5.32 Å². The molecule has 6 heteroatoms. The van der Waals surface area contributed by atoms with E-state index in [9.17, 15) is 8.42 Å². The lowest BCUT2D eigenvalue weighted by Crippen LogP contribution is -2.29. The maximum Gasteiger partial charge on any atom is 0.212 e. The minimum absolute atomic E-state index is 0.182. The van der Waals surface area contributed by atoms with Crippen LogP contribution in [0.1, 0.15) is 44.7 Å². The molecule has 0 aliphatic rings. The standard InChI is InChI=1S/C15H25BrN2O2S/c1-3-10-17-11-4-5-12-21(19,20)18-13(2)14-6-8-15(16)9-7-14/h6-9,13,17-18H,3-5,10-12H2,1-2H3. The maximum absolute atomic E-state index is 12.0. The zero-order valence-corrected chi connectivity index (χ0v) is 15.1. The number of benzene rings is 1. The first-order valence-corrected chi connectivity index (χ1v) is 9.85. The van der Waals surface area contributed by atoms with Crippen LogP contribution in [0.15, 0.2) is 28.7 Å². The van der Waals surface area contributed by atoms with Crippen molar-refractivity contribution in [1.29, 1.82) is 0 Å². The Morgan fingerprint density at radius 2 is 1.81 bits per heavy atom. The van der Waals surface area contributed by atoms with Crippen molar-refractivity contribution in [3.63, 3.8) is 0 Å². The molecular weight excluding hydrogens is 352 g/mol. The zero-order valence-electron chi connectivity index (χ0n) is 12.7. The molecule has 0 saturated heterocycles. The number of hydrogen-bond acceptors (Lipinski definition) is 3. The summed E-state index contributed by atoms with van der Waals surface area (Å²) in [6.45, 7) is 5.85. The lowest BCUT2D eigenvalue weighted by Gasteiger charge is -2.14. The van der Waals surface area contributed by atoms with Crippen LogP contribution in [0.4, 0.5) is 0 Å². The van der Waals surface area contributed by atoms with Crippen LogP contribution >= 0.6 is 15.9 Å². The van der Waals surface area contributed by atoms with Crippen molar-refractivity contribution in [2.45, 2.75) is 39.2 Å². The smallest absolute Gasteiger partial charge is 0.212 e. The molecule has 1 atom stereocenters. The van der Waals surface area contributed by atoms with E-state index in [-0.39, 0.29) is 11.8 Å². The number of unbranched alkanes of at least 4 members (excludes halogenated alkanes) is 1. The van der Waals surface area contributed by atoms with E-state index in [0.29, 0.717) is 6.42 Å². The first-order chi connectivity index (χ1) is 9.94. The molecule has 0 fully saturated rings. The van der Waals surface area contributed by atoms with Gasteiger partial charge in [0.25, 0.3) is 0 Å². The molecule has 1 rings (SSSR count). The Morgan fingerprint density at radius 3 is 2.43 bits per heavy atom. The van der Waals surface area contributed by atoms with Crippen molar-refractivity contribution in [3.05, 3.63) is 34.3 Å². The molecule has 1 aromatic carbocycles. The number of halogens is 1. The monoisotopic (exact) mass is 376 g/mol. The predicted molar refractivity (Wildman–Crippen MR) is 91.9 cm³/mol. The molecule has 0 saturated carbocycles. The van der Waals surface area contributed by atoms with Gasteiger partial charge >= 0.3 is 0 Å². The van der Waals surface area contributed by atoms with Gasteiger partial charge in [0.05, 0.1) is 5.75 Å². The SMILES string of the molecule is CCCNCCCCS(=O)(=O)NC(C)c1ccc(Br)cc1. The molecule has 1 unspecified atom stereocenters. The van der Waals surface area contributed by atoms with Crippen LogP contribution in [0.2, 0.25) is 0 Å². The van der Waals surface area contributed by atoms with Gasteiger partial charge in [0, 0.05) is 10.5 Å². The topological polar surface area (TPSA) is 58.2 Å². The number of rotatable bonds is 10. The molecule has 0 aliphatic heterocycles. The second-order valence-corrected chi connectivity index (χ2v) is 7.96. The van der Waals surface area contributed by atoms with Gasteiger partial charge in [0.2, 0.25) is 10.0 Å². The van der Waals surface area contributed by atoms with Crippen molar-refractivity contribution < 1.29 is 8.42 Å². The van der Waals surface area contributed by atoms with E-state index in [1.54, 1.807) is 0 Å². The second-order valence-electron chi connectivity index (χ2n) is 5.17. The lowest BCUT2D eigenvalue weighted by atomic mass is 10.1. The summed E-state index contributed by atoms with van der Waals surface area (Å²) in [6.07, 6.45) is 2.66. The normalized spacial score (nSPS) is 13.3. The van der Waals surface area contributed by atoms with Crippen LogP contribution < -0.4 is 10.0 Å². The highest BCUT2D eigenvalue weighted by Crippen LogP contribution is 2.17. The maximum atomic E-state index is 12.0. The minimum atomic E-state index is -3.22. The first-order valence-electron chi connectivity index (χ1n) is 7.41. The zero-order chi connectivity index (χ0) is 15.7. The van der Waals surface area contributed by atoms with E-state index >= 15 is 0 Å². The quantitative estimate of drug-likeness (QED) is 0.616. The Balaban J connectivity index is 2.36. The molecule has 2 N–H and O–H groups in total. The lowest BCUT2D eigenvalue weighted by molar-refractivity contribution is 0.559. The average molecular weight is 377 g/mol. The largest absolute Gasteiger partial charge is 0.317 e. The van der Waals surface area contributed by atoms with Gasteiger partial charge in [-0.25, -0.2) is 13.1 Å². The third-order valence-corrected chi connectivity index (χ3v) is 5.24. The predicted octanol–water partition coefficient (Wildman–Crippen LogP) is 3.21. The molecule has 0 spiro atoms. The van der Waals surface area contributed by atoms with Crippen LogP contribution in [-0.2, 0) is 10.0 Å². The molecule has 0 aliphatic carbocycles. The van der Waals surface area contributed by atoms with Gasteiger partial charge in [-0.3, -0.25) is 0 Å². The molecule has 0 heterocycles. The highest BCUT2D eigenvalue weighted by Gasteiger charge is 2.15. The summed E-state index contributed by atoms with van der Waals surface area (Å²) in [6, 6.07) is 7.47. The van der Waals surface area contributed by atoms with E-state index in [1.165, 1.54) is 0 Å². The van der Waals surface area contributed by atoms with E-state index in [4.69, 9.17) is 0 Å². The van der Waals surface area contributed by atoms with Gasteiger partial charge in [-0.1, -0.05) is 35.0 Å². The van der Waals surface area contributed by atoms with Crippen LogP contribution in [-0.4, -0.2) is 27.3 Å². The van der Waals surface area contributed by atoms with Gasteiger partial charge in [0.15, 0.2) is 0 Å². The Morgan fingerprint density at radius 1 is 1.14 bits per heavy atom. The van der Waals surface area contributed by atoms with Gasteiger partial charge in [-0.2, -0.15) is 0 Å². The Hall–Kier alpha value is -0.430. The molecule has 0 aromatic heterocycles. The van der Waals surface area contributed by atoms with E-state index in [1.807, 2.05) is 31.2 Å². The van der Waals surface area contributed by atoms with Crippen molar-refractivity contribution in [3.8, 4) is 0 Å². The molecule has 0 radical (unpaired) electrons. The van der Waals surface area contributed by atoms with Crippen molar-refractivity contribution >= 4 is 26.0 Å². The van der Waals surface area contributed by atoms with Gasteiger partial charge in [-0.15, -0.1) is 0 Å². The number of nitrogens with one attached hydrogen (secondary N) is 2. The van der Waals surface area contributed by atoms with Crippen molar-refractivity contribution in [1.82, 2.24) is 10.0 Å². The van der Waals surface area contributed by atoms with Crippen molar-refractivity contribution in [2.75, 3.05) is 18.8 Å². The highest BCUT2D eigenvalue weighted by atomic mass is 79.9. The summed E-state index contributed by atoms with van der Waals surface area (Å²) in [5.41, 5.74) is 0.964. The van der Waals surface area contributed by atoms with Gasteiger partial charge in [0.1, 0.15) is 0 Å². The third kappa shape index (κ3) is 7.95. The molecule has 4 nitrogen and oxygen atoms in total. The summed E-state index contributed by atoms with van der Waals surface area (Å²) >= 11 is 3.37. The molecule has 0 bridgehead atoms. The Bertz CT molecular complexity index is 503. The van der Waals surface area contributed by atoms with Crippen LogP contribution in [0.3, 0.4) is 0 Å². The minimum Gasteiger partial charge on any atom is -0.317 e. The molecule has 120 valence electrons. The highest BCUT2D eigenvalue weighted by molar-refractivity contribution is 9.10. The van der Waals surface area contributed by atoms with E-state index in [2.05, 4.69) is 32.9 Å². The first kappa shape index (κ1) is 18.6. The van der Waals surface area contributed by atoms with Crippen LogP contribution in [0.25, 0.3) is 0 Å². The van der Waals surface area contributed by atoms with Crippen LogP contribution in [0, 0.1) is 0 Å². The third-order valence-electron chi connectivity index (χ3n) is 3.17. The molecule has 21 heavy (non-hydrogen) atoms. The Labute approximate surface area is 136 Å². The summed E-state index contributed by atoms with van der Waals surface area (Å²) in [5.74, 6) is 0.182. The molecule has 0 amide bonds. The van der Waals surface area contributed by atoms with Crippen molar-refractivity contribution in [2.24, 2.45) is 0 Å². The summed E-state index contributed by atoms with van der Waals surface area (Å²) < 4.78 is 27.8. The summed E-state index contributed by atoms with van der Waals surface area (Å²) in [7, 11) is -3.22. The molecular formula is C15H25BrN2O2S. The fraction of sp³-hybridized carbons (Fsp3) is 0.600.